The first-order chi connectivity index (χ1) is 11.8. The van der Waals surface area contributed by atoms with Gasteiger partial charge in [-0.2, -0.15) is 4.31 Å². The van der Waals surface area contributed by atoms with Crippen LogP contribution >= 0.6 is 0 Å². The lowest BCUT2D eigenvalue weighted by atomic mass is 10.2. The number of benzene rings is 1. The van der Waals surface area contributed by atoms with E-state index in [-0.39, 0.29) is 24.8 Å². The number of aromatic nitrogens is 1. The minimum Gasteiger partial charge on any atom is -0.473 e. The van der Waals surface area contributed by atoms with Gasteiger partial charge in [-0.1, -0.05) is 6.07 Å². The normalized spacial score (nSPS) is 18.4. The minimum atomic E-state index is -3.76. The van der Waals surface area contributed by atoms with E-state index in [1.54, 1.807) is 6.07 Å². The van der Waals surface area contributed by atoms with Crippen molar-refractivity contribution in [1.29, 1.82) is 0 Å². The van der Waals surface area contributed by atoms with E-state index in [1.165, 1.54) is 4.31 Å². The average molecular weight is 368 g/mol. The van der Waals surface area contributed by atoms with Crippen molar-refractivity contribution in [2.75, 3.05) is 13.1 Å². The Kier molecular flexibility index (Phi) is 5.01. The monoisotopic (exact) mass is 368 g/mol. The van der Waals surface area contributed by atoms with Crippen LogP contribution in [0.2, 0.25) is 0 Å². The molecule has 1 aromatic carbocycles. The molecule has 5 nitrogen and oxygen atoms in total. The van der Waals surface area contributed by atoms with E-state index >= 15 is 0 Å². The molecule has 0 spiro atoms. The predicted molar refractivity (Wildman–Crippen MR) is 88.6 cm³/mol. The highest BCUT2D eigenvalue weighted by molar-refractivity contribution is 7.88. The number of nitrogens with zero attached hydrogens (tertiary/aromatic N) is 2. The summed E-state index contributed by atoms with van der Waals surface area (Å²) in [6.45, 7) is 2.27. The molecule has 1 aliphatic rings. The highest BCUT2D eigenvalue weighted by Gasteiger charge is 2.33. The molecule has 134 valence electrons. The van der Waals surface area contributed by atoms with E-state index in [4.69, 9.17) is 4.74 Å². The number of aryl methyl sites for hydroxylation is 1. The Hall–Kier alpha value is -2.06. The van der Waals surface area contributed by atoms with E-state index < -0.39 is 27.4 Å². The first-order valence-corrected chi connectivity index (χ1v) is 9.46. The summed E-state index contributed by atoms with van der Waals surface area (Å²) in [5, 5.41) is 0. The highest BCUT2D eigenvalue weighted by Crippen LogP contribution is 2.22. The minimum absolute atomic E-state index is 0.162. The molecule has 2 heterocycles. The van der Waals surface area contributed by atoms with Gasteiger partial charge in [-0.3, -0.25) is 0 Å². The Bertz CT molecular complexity index is 874. The lowest BCUT2D eigenvalue weighted by Gasteiger charge is -2.17. The van der Waals surface area contributed by atoms with Crippen LogP contribution in [0.25, 0.3) is 0 Å². The number of halogens is 2. The molecule has 0 bridgehead atoms. The van der Waals surface area contributed by atoms with Crippen LogP contribution < -0.4 is 4.74 Å². The van der Waals surface area contributed by atoms with Crippen molar-refractivity contribution in [2.24, 2.45) is 0 Å². The molecule has 0 radical (unpaired) electrons. The summed E-state index contributed by atoms with van der Waals surface area (Å²) >= 11 is 0. The van der Waals surface area contributed by atoms with E-state index in [2.05, 4.69) is 4.98 Å². The molecule has 0 N–H and O–H groups in total. The van der Waals surface area contributed by atoms with Gasteiger partial charge < -0.3 is 4.74 Å². The third-order valence-corrected chi connectivity index (χ3v) is 5.79. The second-order valence-electron chi connectivity index (χ2n) is 6.00. The predicted octanol–water partition coefficient (Wildman–Crippen LogP) is 2.65. The lowest BCUT2D eigenvalue weighted by Crippen LogP contribution is -2.32. The van der Waals surface area contributed by atoms with Crippen LogP contribution in [0.5, 0.6) is 5.88 Å². The van der Waals surface area contributed by atoms with Crippen molar-refractivity contribution < 1.29 is 21.9 Å². The maximum Gasteiger partial charge on any atom is 0.218 e. The molecule has 2 aromatic rings. The highest BCUT2D eigenvalue weighted by atomic mass is 32.2. The van der Waals surface area contributed by atoms with Crippen molar-refractivity contribution in [1.82, 2.24) is 9.29 Å². The standard InChI is InChI=1S/C17H18F2N2O3S/c1-12-3-2-4-17(20-12)24-15-7-8-21(10-15)25(22,23)11-13-9-14(18)5-6-16(13)19/h2-6,9,15H,7-8,10-11H2,1H3. The summed E-state index contributed by atoms with van der Waals surface area (Å²) in [6, 6.07) is 8.17. The van der Waals surface area contributed by atoms with Crippen molar-refractivity contribution in [3.63, 3.8) is 0 Å². The fourth-order valence-electron chi connectivity index (χ4n) is 2.74. The third kappa shape index (κ3) is 4.32. The van der Waals surface area contributed by atoms with Crippen LogP contribution in [0.15, 0.2) is 36.4 Å². The molecule has 1 unspecified atom stereocenters. The number of hydrogen-bond donors (Lipinski definition) is 0. The van der Waals surface area contributed by atoms with Crippen LogP contribution in [-0.2, 0) is 15.8 Å². The fourth-order valence-corrected chi connectivity index (χ4v) is 4.32. The summed E-state index contributed by atoms with van der Waals surface area (Å²) in [7, 11) is -3.76. The van der Waals surface area contributed by atoms with Crippen molar-refractivity contribution in [2.45, 2.75) is 25.2 Å². The van der Waals surface area contributed by atoms with Crippen molar-refractivity contribution in [3.05, 3.63) is 59.3 Å². The van der Waals surface area contributed by atoms with Crippen molar-refractivity contribution >= 4 is 10.0 Å². The second-order valence-corrected chi connectivity index (χ2v) is 7.96. The van der Waals surface area contributed by atoms with Gasteiger partial charge in [-0.25, -0.2) is 22.2 Å². The van der Waals surface area contributed by atoms with Crippen LogP contribution in [0, 0.1) is 18.6 Å². The van der Waals surface area contributed by atoms with Crippen molar-refractivity contribution in [3.8, 4) is 5.88 Å². The number of ether oxygens (including phenoxy) is 1. The zero-order chi connectivity index (χ0) is 18.0. The summed E-state index contributed by atoms with van der Waals surface area (Å²) in [6.07, 6.45) is 0.196. The van der Waals surface area contributed by atoms with Gasteiger partial charge in [0, 0.05) is 23.9 Å². The summed E-state index contributed by atoms with van der Waals surface area (Å²) < 4.78 is 58.9. The van der Waals surface area contributed by atoms with Gasteiger partial charge in [0.25, 0.3) is 0 Å². The van der Waals surface area contributed by atoms with Gasteiger partial charge >= 0.3 is 0 Å². The Labute approximate surface area is 145 Å². The molecule has 25 heavy (non-hydrogen) atoms. The molecule has 0 aliphatic carbocycles. The fraction of sp³-hybridized carbons (Fsp3) is 0.353. The number of rotatable bonds is 5. The molecule has 1 aromatic heterocycles. The summed E-state index contributed by atoms with van der Waals surface area (Å²) in [4.78, 5) is 4.23. The Morgan fingerprint density at radius 1 is 1.28 bits per heavy atom. The summed E-state index contributed by atoms with van der Waals surface area (Å²) in [5.74, 6) is -1.53. The molecule has 1 atom stereocenters. The zero-order valence-corrected chi connectivity index (χ0v) is 14.5. The molecule has 1 fully saturated rings. The molecule has 3 rings (SSSR count). The third-order valence-electron chi connectivity index (χ3n) is 4.00. The van der Waals surface area contributed by atoms with E-state index in [9.17, 15) is 17.2 Å². The molecule has 8 heteroatoms. The van der Waals surface area contributed by atoms with Gasteiger partial charge in [-0.05, 0) is 37.6 Å². The first-order valence-electron chi connectivity index (χ1n) is 7.85. The Balaban J connectivity index is 1.67. The first kappa shape index (κ1) is 17.8. The van der Waals surface area contributed by atoms with E-state index in [0.29, 0.717) is 12.3 Å². The molecule has 1 saturated heterocycles. The average Bonchev–Trinajstić information content (AvgIpc) is 3.00. The van der Waals surface area contributed by atoms with Gasteiger partial charge in [0.15, 0.2) is 0 Å². The molecular formula is C17H18F2N2O3S. The maximum absolute atomic E-state index is 13.7. The van der Waals surface area contributed by atoms with Gasteiger partial charge in [0.1, 0.15) is 17.7 Å². The van der Waals surface area contributed by atoms with Gasteiger partial charge in [0.05, 0.1) is 12.3 Å². The van der Waals surface area contributed by atoms with E-state index in [1.807, 2.05) is 19.1 Å². The van der Waals surface area contributed by atoms with E-state index in [0.717, 1.165) is 23.9 Å². The molecular weight excluding hydrogens is 350 g/mol. The second kappa shape index (κ2) is 7.05. The summed E-state index contributed by atoms with van der Waals surface area (Å²) in [5.41, 5.74) is 0.631. The van der Waals surface area contributed by atoms with Gasteiger partial charge in [0.2, 0.25) is 15.9 Å². The quantitative estimate of drug-likeness (QED) is 0.814. The SMILES string of the molecule is Cc1cccc(OC2CCN(S(=O)(=O)Cc3cc(F)ccc3F)C2)n1. The van der Waals surface area contributed by atoms with Crippen LogP contribution in [0.1, 0.15) is 17.7 Å². The van der Waals surface area contributed by atoms with Gasteiger partial charge in [-0.15, -0.1) is 0 Å². The zero-order valence-electron chi connectivity index (χ0n) is 13.7. The lowest BCUT2D eigenvalue weighted by molar-refractivity contribution is 0.206. The van der Waals surface area contributed by atoms with Crippen LogP contribution in [0.4, 0.5) is 8.78 Å². The Morgan fingerprint density at radius 2 is 2.08 bits per heavy atom. The smallest absolute Gasteiger partial charge is 0.218 e. The number of pyridine rings is 1. The number of sulfonamides is 1. The van der Waals surface area contributed by atoms with Crippen LogP contribution in [0.3, 0.4) is 0 Å². The molecule has 0 saturated carbocycles. The largest absolute Gasteiger partial charge is 0.473 e. The Morgan fingerprint density at radius 3 is 2.84 bits per heavy atom. The molecule has 0 amide bonds. The molecule has 1 aliphatic heterocycles. The van der Waals surface area contributed by atoms with Crippen LogP contribution in [-0.4, -0.2) is 36.9 Å². The maximum atomic E-state index is 13.7. The number of hydrogen-bond acceptors (Lipinski definition) is 4. The topological polar surface area (TPSA) is 59.5 Å².